The van der Waals surface area contributed by atoms with Crippen molar-refractivity contribution in [1.82, 2.24) is 19.3 Å². The summed E-state index contributed by atoms with van der Waals surface area (Å²) in [7, 11) is 1.68. The maximum Gasteiger partial charge on any atom is 0.264 e. The summed E-state index contributed by atoms with van der Waals surface area (Å²) in [5.41, 5.74) is 1.57. The van der Waals surface area contributed by atoms with Crippen molar-refractivity contribution in [2.24, 2.45) is 7.05 Å². The minimum atomic E-state index is -0.0701. The van der Waals surface area contributed by atoms with Gasteiger partial charge >= 0.3 is 0 Å². The van der Waals surface area contributed by atoms with E-state index in [4.69, 9.17) is 0 Å². The van der Waals surface area contributed by atoms with Gasteiger partial charge in [-0.15, -0.1) is 0 Å². The number of rotatable bonds is 2. The van der Waals surface area contributed by atoms with Gasteiger partial charge in [0.1, 0.15) is 5.39 Å². The summed E-state index contributed by atoms with van der Waals surface area (Å²) >= 11 is 0. The Balaban J connectivity index is 2.04. The first-order chi connectivity index (χ1) is 8.74. The molecule has 0 aliphatic carbocycles. The van der Waals surface area contributed by atoms with Crippen LogP contribution in [0, 0.1) is 0 Å². The molecule has 0 saturated heterocycles. The van der Waals surface area contributed by atoms with Crippen LogP contribution in [0.5, 0.6) is 0 Å². The highest BCUT2D eigenvalue weighted by Crippen LogP contribution is 2.06. The molecule has 0 aliphatic heterocycles. The topological polar surface area (TPSA) is 52.7 Å². The van der Waals surface area contributed by atoms with Gasteiger partial charge < -0.3 is 4.57 Å². The molecule has 0 bridgehead atoms. The van der Waals surface area contributed by atoms with Crippen LogP contribution in [0.2, 0.25) is 0 Å². The Morgan fingerprint density at radius 1 is 1.22 bits per heavy atom. The molecule has 2 aromatic heterocycles. The molecular weight excluding hydrogens is 228 g/mol. The number of benzene rings is 1. The van der Waals surface area contributed by atoms with Gasteiger partial charge in [-0.1, -0.05) is 30.3 Å². The Bertz CT molecular complexity index is 743. The maximum atomic E-state index is 11.9. The van der Waals surface area contributed by atoms with Crippen molar-refractivity contribution in [2.75, 3.05) is 0 Å². The predicted octanol–water partition coefficient (Wildman–Crippen LogP) is 1.18. The number of fused-ring (bicyclic) bond motifs is 1. The fraction of sp³-hybridized carbons (Fsp3) is 0.154. The van der Waals surface area contributed by atoms with E-state index in [-0.39, 0.29) is 5.56 Å². The SMILES string of the molecule is Cn1cnc2nn(Cc3ccccc3)cc2c1=O. The molecule has 0 radical (unpaired) electrons. The van der Waals surface area contributed by atoms with Crippen molar-refractivity contribution in [3.8, 4) is 0 Å². The lowest BCUT2D eigenvalue weighted by Gasteiger charge is -1.99. The van der Waals surface area contributed by atoms with Crippen LogP contribution in [-0.4, -0.2) is 19.3 Å². The second-order valence-electron chi connectivity index (χ2n) is 4.21. The number of aryl methyl sites for hydroxylation is 1. The molecule has 0 saturated carbocycles. The van der Waals surface area contributed by atoms with Gasteiger partial charge in [-0.3, -0.25) is 9.48 Å². The smallest absolute Gasteiger partial charge is 0.264 e. The average molecular weight is 240 g/mol. The zero-order chi connectivity index (χ0) is 12.5. The van der Waals surface area contributed by atoms with E-state index < -0.39 is 0 Å². The van der Waals surface area contributed by atoms with Gasteiger partial charge in [0.05, 0.1) is 12.9 Å². The number of aromatic nitrogens is 4. The van der Waals surface area contributed by atoms with Gasteiger partial charge in [-0.25, -0.2) is 4.98 Å². The van der Waals surface area contributed by atoms with E-state index in [1.54, 1.807) is 17.9 Å². The molecule has 0 aliphatic rings. The van der Waals surface area contributed by atoms with Crippen LogP contribution in [0.3, 0.4) is 0 Å². The first kappa shape index (κ1) is 10.7. The highest BCUT2D eigenvalue weighted by atomic mass is 16.1. The van der Waals surface area contributed by atoms with E-state index in [9.17, 15) is 4.79 Å². The third kappa shape index (κ3) is 1.79. The molecule has 0 atom stereocenters. The Hall–Kier alpha value is -2.43. The van der Waals surface area contributed by atoms with Gasteiger partial charge in [0, 0.05) is 13.2 Å². The average Bonchev–Trinajstić information content (AvgIpc) is 2.79. The highest BCUT2D eigenvalue weighted by molar-refractivity contribution is 5.72. The minimum Gasteiger partial charge on any atom is -0.302 e. The lowest BCUT2D eigenvalue weighted by molar-refractivity contribution is 0.693. The number of hydrogen-bond donors (Lipinski definition) is 0. The zero-order valence-corrected chi connectivity index (χ0v) is 9.95. The second-order valence-corrected chi connectivity index (χ2v) is 4.21. The van der Waals surface area contributed by atoms with E-state index in [1.807, 2.05) is 30.3 Å². The summed E-state index contributed by atoms with van der Waals surface area (Å²) in [5.74, 6) is 0. The molecule has 5 heteroatoms. The molecule has 3 aromatic rings. The van der Waals surface area contributed by atoms with Crippen LogP contribution < -0.4 is 5.56 Å². The van der Waals surface area contributed by atoms with Crippen molar-refractivity contribution in [3.05, 3.63) is 58.8 Å². The van der Waals surface area contributed by atoms with Crippen LogP contribution in [0.15, 0.2) is 47.7 Å². The van der Waals surface area contributed by atoms with Gasteiger partial charge in [-0.2, -0.15) is 5.10 Å². The van der Waals surface area contributed by atoms with Crippen molar-refractivity contribution < 1.29 is 0 Å². The molecule has 0 N–H and O–H groups in total. The molecule has 0 spiro atoms. The highest BCUT2D eigenvalue weighted by Gasteiger charge is 2.07. The molecule has 2 heterocycles. The number of hydrogen-bond acceptors (Lipinski definition) is 3. The zero-order valence-electron chi connectivity index (χ0n) is 9.95. The van der Waals surface area contributed by atoms with Crippen LogP contribution in [0.4, 0.5) is 0 Å². The first-order valence-corrected chi connectivity index (χ1v) is 5.67. The third-order valence-electron chi connectivity index (χ3n) is 2.83. The number of nitrogens with zero attached hydrogens (tertiary/aromatic N) is 4. The quantitative estimate of drug-likeness (QED) is 0.676. The molecular formula is C13H12N4O. The molecule has 90 valence electrons. The second kappa shape index (κ2) is 4.10. The van der Waals surface area contributed by atoms with Gasteiger partial charge in [0.15, 0.2) is 5.65 Å². The van der Waals surface area contributed by atoms with Crippen LogP contribution in [-0.2, 0) is 13.6 Å². The molecule has 1 aromatic carbocycles. The molecule has 0 fully saturated rings. The van der Waals surface area contributed by atoms with Crippen molar-refractivity contribution in [2.45, 2.75) is 6.54 Å². The Labute approximate surface area is 103 Å². The van der Waals surface area contributed by atoms with Gasteiger partial charge in [0.2, 0.25) is 0 Å². The van der Waals surface area contributed by atoms with E-state index >= 15 is 0 Å². The summed E-state index contributed by atoms with van der Waals surface area (Å²) in [4.78, 5) is 16.0. The fourth-order valence-corrected chi connectivity index (χ4v) is 1.89. The lowest BCUT2D eigenvalue weighted by Crippen LogP contribution is -2.15. The Kier molecular flexibility index (Phi) is 2.44. The largest absolute Gasteiger partial charge is 0.302 e. The van der Waals surface area contributed by atoms with E-state index in [1.165, 1.54) is 10.9 Å². The predicted molar refractivity (Wildman–Crippen MR) is 68.3 cm³/mol. The standard InChI is InChI=1S/C13H12N4O/c1-16-9-14-12-11(13(16)18)8-17(15-12)7-10-5-3-2-4-6-10/h2-6,8-9H,7H2,1H3. The van der Waals surface area contributed by atoms with Crippen LogP contribution in [0.25, 0.3) is 11.0 Å². The maximum absolute atomic E-state index is 11.9. The summed E-state index contributed by atoms with van der Waals surface area (Å²) < 4.78 is 3.20. The van der Waals surface area contributed by atoms with E-state index in [0.29, 0.717) is 17.6 Å². The summed E-state index contributed by atoms with van der Waals surface area (Å²) in [5, 5.41) is 4.85. The van der Waals surface area contributed by atoms with Gasteiger partial charge in [0.25, 0.3) is 5.56 Å². The molecule has 0 amide bonds. The lowest BCUT2D eigenvalue weighted by atomic mass is 10.2. The molecule has 3 rings (SSSR count). The summed E-state index contributed by atoms with van der Waals surface area (Å²) in [6.07, 6.45) is 3.24. The fourth-order valence-electron chi connectivity index (χ4n) is 1.89. The Morgan fingerprint density at radius 2 is 2.00 bits per heavy atom. The normalized spacial score (nSPS) is 10.9. The van der Waals surface area contributed by atoms with Crippen molar-refractivity contribution >= 4 is 11.0 Å². The summed E-state index contributed by atoms with van der Waals surface area (Å²) in [6, 6.07) is 9.99. The van der Waals surface area contributed by atoms with E-state index in [0.717, 1.165) is 5.56 Å². The molecule has 5 nitrogen and oxygen atoms in total. The Morgan fingerprint density at radius 3 is 2.78 bits per heavy atom. The van der Waals surface area contributed by atoms with Gasteiger partial charge in [-0.05, 0) is 5.56 Å². The minimum absolute atomic E-state index is 0.0701. The van der Waals surface area contributed by atoms with E-state index in [2.05, 4.69) is 10.1 Å². The monoisotopic (exact) mass is 240 g/mol. The van der Waals surface area contributed by atoms with Crippen molar-refractivity contribution in [1.29, 1.82) is 0 Å². The van der Waals surface area contributed by atoms with Crippen molar-refractivity contribution in [3.63, 3.8) is 0 Å². The molecule has 18 heavy (non-hydrogen) atoms. The van der Waals surface area contributed by atoms with Crippen LogP contribution in [0.1, 0.15) is 5.56 Å². The first-order valence-electron chi connectivity index (χ1n) is 5.67. The third-order valence-corrected chi connectivity index (χ3v) is 2.83. The molecule has 0 unspecified atom stereocenters. The van der Waals surface area contributed by atoms with Crippen LogP contribution >= 0.6 is 0 Å². The summed E-state index contributed by atoms with van der Waals surface area (Å²) in [6.45, 7) is 0.639.